The monoisotopic (exact) mass is 316 g/mol. The van der Waals surface area contributed by atoms with E-state index in [1.165, 1.54) is 11.3 Å². The lowest BCUT2D eigenvalue weighted by Gasteiger charge is -2.34. The van der Waals surface area contributed by atoms with Crippen molar-refractivity contribution in [3.8, 4) is 0 Å². The van der Waals surface area contributed by atoms with Crippen LogP contribution in [0.1, 0.15) is 29.4 Å². The number of amides is 1. The average molecular weight is 317 g/mol. The van der Waals surface area contributed by atoms with E-state index in [1.54, 1.807) is 0 Å². The number of hydrogen-bond acceptors (Lipinski definition) is 3. The third-order valence-corrected chi connectivity index (χ3v) is 4.88. The summed E-state index contributed by atoms with van der Waals surface area (Å²) >= 11 is 4.88. The molecule has 17 heavy (non-hydrogen) atoms. The largest absolute Gasteiger partial charge is 0.338 e. The van der Waals surface area contributed by atoms with Crippen LogP contribution in [0.25, 0.3) is 0 Å². The Morgan fingerprint density at radius 2 is 2.41 bits per heavy atom. The molecule has 0 saturated carbocycles. The fraction of sp³-hybridized carbons (Fsp3) is 0.583. The number of carbonyl (C=O) groups excluding carboxylic acids is 1. The summed E-state index contributed by atoms with van der Waals surface area (Å²) < 4.78 is 1.00. The first-order valence-electron chi connectivity index (χ1n) is 5.88. The molecule has 0 bridgehead atoms. The fourth-order valence-electron chi connectivity index (χ4n) is 2.21. The Kier molecular flexibility index (Phi) is 4.22. The number of nitrogens with two attached hydrogens (primary N) is 1. The number of thiophene rings is 1. The van der Waals surface area contributed by atoms with Gasteiger partial charge < -0.3 is 10.6 Å². The zero-order valence-corrected chi connectivity index (χ0v) is 12.3. The molecule has 0 unspecified atom stereocenters. The van der Waals surface area contributed by atoms with Gasteiger partial charge in [-0.15, -0.1) is 11.3 Å². The van der Waals surface area contributed by atoms with Crippen LogP contribution in [0.4, 0.5) is 0 Å². The number of piperidine rings is 1. The molecule has 1 saturated heterocycles. The number of halogens is 1. The molecule has 0 radical (unpaired) electrons. The molecule has 94 valence electrons. The van der Waals surface area contributed by atoms with Gasteiger partial charge in [-0.1, -0.05) is 0 Å². The SMILES string of the molecule is C[C@H](N)[C@H]1CCCN(C(=O)c2ccc(Br)s2)C1. The maximum atomic E-state index is 12.3. The second kappa shape index (κ2) is 5.50. The van der Waals surface area contributed by atoms with E-state index in [0.717, 1.165) is 34.6 Å². The molecule has 1 aliphatic rings. The number of hydrogen-bond donors (Lipinski definition) is 1. The molecule has 1 aromatic heterocycles. The molecule has 2 N–H and O–H groups in total. The Hall–Kier alpha value is -0.390. The lowest BCUT2D eigenvalue weighted by Crippen LogP contribution is -2.44. The molecule has 0 spiro atoms. The highest BCUT2D eigenvalue weighted by molar-refractivity contribution is 9.11. The van der Waals surface area contributed by atoms with Crippen molar-refractivity contribution in [2.45, 2.75) is 25.8 Å². The number of likely N-dealkylation sites (tertiary alicyclic amines) is 1. The topological polar surface area (TPSA) is 46.3 Å². The van der Waals surface area contributed by atoms with E-state index in [9.17, 15) is 4.79 Å². The molecule has 2 heterocycles. The van der Waals surface area contributed by atoms with E-state index < -0.39 is 0 Å². The third-order valence-electron chi connectivity index (χ3n) is 3.27. The second-order valence-electron chi connectivity index (χ2n) is 4.62. The van der Waals surface area contributed by atoms with Gasteiger partial charge in [-0.05, 0) is 53.7 Å². The highest BCUT2D eigenvalue weighted by atomic mass is 79.9. The van der Waals surface area contributed by atoms with Gasteiger partial charge in [-0.3, -0.25) is 4.79 Å². The van der Waals surface area contributed by atoms with Gasteiger partial charge in [0.25, 0.3) is 5.91 Å². The summed E-state index contributed by atoms with van der Waals surface area (Å²) in [5.74, 6) is 0.585. The van der Waals surface area contributed by atoms with Gasteiger partial charge in [0.1, 0.15) is 0 Å². The zero-order valence-electron chi connectivity index (χ0n) is 9.86. The molecule has 2 rings (SSSR count). The molecule has 3 nitrogen and oxygen atoms in total. The maximum absolute atomic E-state index is 12.3. The van der Waals surface area contributed by atoms with Crippen LogP contribution >= 0.6 is 27.3 Å². The smallest absolute Gasteiger partial charge is 0.263 e. The van der Waals surface area contributed by atoms with Crippen molar-refractivity contribution < 1.29 is 4.79 Å². The van der Waals surface area contributed by atoms with Gasteiger partial charge in [-0.2, -0.15) is 0 Å². The highest BCUT2D eigenvalue weighted by Gasteiger charge is 2.26. The van der Waals surface area contributed by atoms with Gasteiger partial charge >= 0.3 is 0 Å². The second-order valence-corrected chi connectivity index (χ2v) is 7.08. The minimum Gasteiger partial charge on any atom is -0.338 e. The van der Waals surface area contributed by atoms with Crippen molar-refractivity contribution in [3.63, 3.8) is 0 Å². The molecule has 5 heteroatoms. The standard InChI is InChI=1S/C12H17BrN2OS/c1-8(14)9-3-2-6-15(7-9)12(16)10-4-5-11(13)17-10/h4-5,8-9H,2-3,6-7,14H2,1H3/t8-,9-/m0/s1. The van der Waals surface area contributed by atoms with Crippen LogP contribution in [0.2, 0.25) is 0 Å². The van der Waals surface area contributed by atoms with Crippen molar-refractivity contribution in [1.29, 1.82) is 0 Å². The molecule has 0 aliphatic carbocycles. The van der Waals surface area contributed by atoms with Crippen LogP contribution in [-0.4, -0.2) is 29.9 Å². The maximum Gasteiger partial charge on any atom is 0.263 e. The van der Waals surface area contributed by atoms with E-state index in [4.69, 9.17) is 5.73 Å². The predicted molar refractivity (Wildman–Crippen MR) is 74.3 cm³/mol. The van der Waals surface area contributed by atoms with Crippen LogP contribution in [0.3, 0.4) is 0 Å². The summed E-state index contributed by atoms with van der Waals surface area (Å²) in [6.07, 6.45) is 2.19. The minimum atomic E-state index is 0.144. The molecule has 1 aromatic rings. The first-order valence-corrected chi connectivity index (χ1v) is 7.49. The number of carbonyl (C=O) groups is 1. The van der Waals surface area contributed by atoms with Gasteiger partial charge in [-0.25, -0.2) is 0 Å². The summed E-state index contributed by atoms with van der Waals surface area (Å²) in [6, 6.07) is 3.97. The Morgan fingerprint density at radius 3 is 3.00 bits per heavy atom. The summed E-state index contributed by atoms with van der Waals surface area (Å²) in [5, 5.41) is 0. The molecular weight excluding hydrogens is 300 g/mol. The fourth-order valence-corrected chi connectivity index (χ4v) is 3.56. The van der Waals surface area contributed by atoms with Crippen LogP contribution in [0, 0.1) is 5.92 Å². The Balaban J connectivity index is 2.04. The normalized spacial score (nSPS) is 22.5. The third kappa shape index (κ3) is 3.09. The van der Waals surface area contributed by atoms with Crippen molar-refractivity contribution in [2.24, 2.45) is 11.7 Å². The van der Waals surface area contributed by atoms with Gasteiger partial charge in [0, 0.05) is 19.1 Å². The van der Waals surface area contributed by atoms with Gasteiger partial charge in [0.2, 0.25) is 0 Å². The van der Waals surface area contributed by atoms with Gasteiger partial charge in [0.15, 0.2) is 0 Å². The lowest BCUT2D eigenvalue weighted by molar-refractivity contribution is 0.0666. The zero-order chi connectivity index (χ0) is 12.4. The number of rotatable bonds is 2. The van der Waals surface area contributed by atoms with E-state index >= 15 is 0 Å². The molecule has 2 atom stereocenters. The van der Waals surface area contributed by atoms with Crippen molar-refractivity contribution >= 4 is 33.2 Å². The average Bonchev–Trinajstić information content (AvgIpc) is 2.75. The molecule has 1 fully saturated rings. The van der Waals surface area contributed by atoms with E-state index in [-0.39, 0.29) is 11.9 Å². The lowest BCUT2D eigenvalue weighted by atomic mass is 9.92. The summed E-state index contributed by atoms with van der Waals surface area (Å²) in [5.41, 5.74) is 5.93. The predicted octanol–water partition coefficient (Wildman–Crippen LogP) is 2.71. The van der Waals surface area contributed by atoms with Crippen molar-refractivity contribution in [3.05, 3.63) is 20.8 Å². The van der Waals surface area contributed by atoms with Gasteiger partial charge in [0.05, 0.1) is 8.66 Å². The first kappa shape index (κ1) is 13.1. The Labute approximate surface area is 114 Å². The molecule has 1 aliphatic heterocycles. The summed E-state index contributed by atoms with van der Waals surface area (Å²) in [6.45, 7) is 3.68. The van der Waals surface area contributed by atoms with Crippen LogP contribution < -0.4 is 5.73 Å². The van der Waals surface area contributed by atoms with Crippen LogP contribution in [-0.2, 0) is 0 Å². The van der Waals surface area contributed by atoms with E-state index in [1.807, 2.05) is 24.0 Å². The Morgan fingerprint density at radius 1 is 1.65 bits per heavy atom. The van der Waals surface area contributed by atoms with Crippen LogP contribution in [0.15, 0.2) is 15.9 Å². The molecular formula is C12H17BrN2OS. The summed E-state index contributed by atoms with van der Waals surface area (Å²) in [4.78, 5) is 15.0. The first-order chi connectivity index (χ1) is 8.08. The Bertz CT molecular complexity index is 405. The molecule has 0 aromatic carbocycles. The van der Waals surface area contributed by atoms with Crippen molar-refractivity contribution in [2.75, 3.05) is 13.1 Å². The highest BCUT2D eigenvalue weighted by Crippen LogP contribution is 2.26. The van der Waals surface area contributed by atoms with Crippen LogP contribution in [0.5, 0.6) is 0 Å². The minimum absolute atomic E-state index is 0.144. The quantitative estimate of drug-likeness (QED) is 0.911. The van der Waals surface area contributed by atoms with E-state index in [2.05, 4.69) is 15.9 Å². The van der Waals surface area contributed by atoms with E-state index in [0.29, 0.717) is 5.92 Å². The number of nitrogens with zero attached hydrogens (tertiary/aromatic N) is 1. The molecule has 1 amide bonds. The summed E-state index contributed by atoms with van der Waals surface area (Å²) in [7, 11) is 0. The van der Waals surface area contributed by atoms with Crippen molar-refractivity contribution in [1.82, 2.24) is 4.90 Å².